The van der Waals surface area contributed by atoms with E-state index in [1.54, 1.807) is 36.4 Å². The fourth-order valence-electron chi connectivity index (χ4n) is 2.28. The number of phenols is 2. The quantitative estimate of drug-likeness (QED) is 0.767. The van der Waals surface area contributed by atoms with Crippen LogP contribution in [0.1, 0.15) is 21.5 Å². The van der Waals surface area contributed by atoms with E-state index in [1.165, 1.54) is 6.07 Å². The molecule has 3 nitrogen and oxygen atoms in total. The lowest BCUT2D eigenvalue weighted by atomic mass is 10.1. The lowest BCUT2D eigenvalue weighted by Crippen LogP contribution is -1.95. The maximum absolute atomic E-state index is 12.2. The van der Waals surface area contributed by atoms with Gasteiger partial charge in [0.2, 0.25) is 0 Å². The third kappa shape index (κ3) is 2.10. The van der Waals surface area contributed by atoms with Crippen LogP contribution in [0.25, 0.3) is 6.08 Å². The molecule has 0 aromatic heterocycles. The Morgan fingerprint density at radius 3 is 2.37 bits per heavy atom. The number of benzene rings is 2. The molecule has 2 N–H and O–H groups in total. The molecule has 0 aliphatic heterocycles. The molecule has 0 atom stereocenters. The van der Waals surface area contributed by atoms with Crippen molar-refractivity contribution in [2.24, 2.45) is 0 Å². The Hall–Kier alpha value is -2.55. The first-order chi connectivity index (χ1) is 9.13. The number of hydrogen-bond acceptors (Lipinski definition) is 3. The number of carbonyl (C=O) groups is 1. The Morgan fingerprint density at radius 2 is 1.63 bits per heavy atom. The van der Waals surface area contributed by atoms with Crippen molar-refractivity contribution >= 4 is 11.9 Å². The second kappa shape index (κ2) is 4.28. The van der Waals surface area contributed by atoms with Gasteiger partial charge in [-0.15, -0.1) is 0 Å². The lowest BCUT2D eigenvalue weighted by molar-refractivity contribution is 0.104. The van der Waals surface area contributed by atoms with E-state index in [9.17, 15) is 15.0 Å². The van der Waals surface area contributed by atoms with Crippen LogP contribution in [0, 0.1) is 0 Å². The summed E-state index contributed by atoms with van der Waals surface area (Å²) in [6.45, 7) is 0. The van der Waals surface area contributed by atoms with Gasteiger partial charge in [-0.3, -0.25) is 4.79 Å². The molecule has 0 saturated carbocycles. The molecular formula is C16H12O3. The van der Waals surface area contributed by atoms with E-state index < -0.39 is 0 Å². The Balaban J connectivity index is 1.97. The average molecular weight is 252 g/mol. The van der Waals surface area contributed by atoms with Crippen molar-refractivity contribution in [2.45, 2.75) is 6.42 Å². The van der Waals surface area contributed by atoms with E-state index >= 15 is 0 Å². The van der Waals surface area contributed by atoms with E-state index in [4.69, 9.17) is 0 Å². The number of ketones is 1. The van der Waals surface area contributed by atoms with Crippen molar-refractivity contribution in [3.05, 3.63) is 64.7 Å². The zero-order valence-corrected chi connectivity index (χ0v) is 10.1. The van der Waals surface area contributed by atoms with Gasteiger partial charge in [-0.05, 0) is 41.5 Å². The number of rotatable bonds is 1. The maximum atomic E-state index is 12.2. The van der Waals surface area contributed by atoms with Crippen LogP contribution in [0.2, 0.25) is 0 Å². The smallest absolute Gasteiger partial charge is 0.189 e. The molecule has 0 saturated heterocycles. The van der Waals surface area contributed by atoms with Crippen LogP contribution >= 0.6 is 0 Å². The highest BCUT2D eigenvalue weighted by molar-refractivity contribution is 6.15. The van der Waals surface area contributed by atoms with Crippen LogP contribution in [0.15, 0.2) is 48.0 Å². The van der Waals surface area contributed by atoms with E-state index in [1.807, 2.05) is 6.08 Å². The molecule has 3 heteroatoms. The van der Waals surface area contributed by atoms with Crippen molar-refractivity contribution in [3.63, 3.8) is 0 Å². The van der Waals surface area contributed by atoms with E-state index in [-0.39, 0.29) is 17.3 Å². The zero-order chi connectivity index (χ0) is 13.4. The first kappa shape index (κ1) is 11.5. The highest BCUT2D eigenvalue weighted by Gasteiger charge is 2.24. The number of phenolic OH excluding ortho intramolecular Hbond substituents is 2. The van der Waals surface area contributed by atoms with E-state index in [2.05, 4.69) is 0 Å². The molecule has 2 aromatic rings. The van der Waals surface area contributed by atoms with Gasteiger partial charge in [-0.25, -0.2) is 0 Å². The number of hydrogen-bond donors (Lipinski definition) is 2. The monoisotopic (exact) mass is 252 g/mol. The lowest BCUT2D eigenvalue weighted by Gasteiger charge is -1.97. The fourth-order valence-corrected chi connectivity index (χ4v) is 2.28. The number of Topliss-reactive ketones (excluding diaryl/α,β-unsaturated/α-hetero) is 1. The summed E-state index contributed by atoms with van der Waals surface area (Å²) in [5.41, 5.74) is 3.09. The molecule has 2 aromatic carbocycles. The molecule has 0 radical (unpaired) electrons. The molecule has 1 aliphatic carbocycles. The maximum Gasteiger partial charge on any atom is 0.189 e. The average Bonchev–Trinajstić information content (AvgIpc) is 2.70. The van der Waals surface area contributed by atoms with Crippen LogP contribution in [0.3, 0.4) is 0 Å². The third-order valence-corrected chi connectivity index (χ3v) is 3.24. The van der Waals surface area contributed by atoms with Crippen LogP contribution in [-0.4, -0.2) is 16.0 Å². The van der Waals surface area contributed by atoms with Crippen molar-refractivity contribution in [1.82, 2.24) is 0 Å². The van der Waals surface area contributed by atoms with Crippen molar-refractivity contribution < 1.29 is 15.0 Å². The molecule has 19 heavy (non-hydrogen) atoms. The van der Waals surface area contributed by atoms with Gasteiger partial charge in [0.05, 0.1) is 0 Å². The van der Waals surface area contributed by atoms with Gasteiger partial charge in [-0.2, -0.15) is 0 Å². The molecule has 1 aliphatic rings. The normalized spacial score (nSPS) is 15.8. The molecule has 0 heterocycles. The van der Waals surface area contributed by atoms with Gasteiger partial charge < -0.3 is 10.2 Å². The van der Waals surface area contributed by atoms with Crippen LogP contribution in [-0.2, 0) is 6.42 Å². The summed E-state index contributed by atoms with van der Waals surface area (Å²) in [5, 5.41) is 18.6. The Morgan fingerprint density at radius 1 is 0.947 bits per heavy atom. The number of allylic oxidation sites excluding steroid dienone is 1. The summed E-state index contributed by atoms with van der Waals surface area (Å²) in [5.74, 6) is 0.269. The molecule has 0 spiro atoms. The predicted octanol–water partition coefficient (Wildman–Crippen LogP) is 2.92. The van der Waals surface area contributed by atoms with Crippen molar-refractivity contribution in [3.8, 4) is 11.5 Å². The third-order valence-electron chi connectivity index (χ3n) is 3.24. The molecule has 0 fully saturated rings. The second-order valence-corrected chi connectivity index (χ2v) is 4.61. The second-order valence-electron chi connectivity index (χ2n) is 4.61. The first-order valence-electron chi connectivity index (χ1n) is 6.00. The van der Waals surface area contributed by atoms with Gasteiger partial charge in [0, 0.05) is 17.6 Å². The minimum absolute atomic E-state index is 0.0426. The highest BCUT2D eigenvalue weighted by atomic mass is 16.3. The van der Waals surface area contributed by atoms with Gasteiger partial charge in [0.25, 0.3) is 0 Å². The molecular weight excluding hydrogens is 240 g/mol. The van der Waals surface area contributed by atoms with Crippen LogP contribution in [0.4, 0.5) is 0 Å². The summed E-state index contributed by atoms with van der Waals surface area (Å²) >= 11 is 0. The number of fused-ring (bicyclic) bond motifs is 1. The summed E-state index contributed by atoms with van der Waals surface area (Å²) in [6.07, 6.45) is 2.40. The largest absolute Gasteiger partial charge is 0.508 e. The topological polar surface area (TPSA) is 57.5 Å². The van der Waals surface area contributed by atoms with E-state index in [0.29, 0.717) is 17.6 Å². The molecule has 0 bridgehead atoms. The van der Waals surface area contributed by atoms with E-state index in [0.717, 1.165) is 11.1 Å². The number of carbonyl (C=O) groups excluding carboxylic acids is 1. The van der Waals surface area contributed by atoms with Gasteiger partial charge >= 0.3 is 0 Å². The van der Waals surface area contributed by atoms with Gasteiger partial charge in [0.15, 0.2) is 5.78 Å². The predicted molar refractivity (Wildman–Crippen MR) is 72.2 cm³/mol. The molecule has 3 rings (SSSR count). The molecule has 0 amide bonds. The summed E-state index contributed by atoms with van der Waals surface area (Å²) in [4.78, 5) is 12.2. The molecule has 0 unspecified atom stereocenters. The minimum Gasteiger partial charge on any atom is -0.508 e. The summed E-state index contributed by atoms with van der Waals surface area (Å²) in [6, 6.07) is 11.6. The summed E-state index contributed by atoms with van der Waals surface area (Å²) < 4.78 is 0. The van der Waals surface area contributed by atoms with Crippen molar-refractivity contribution in [1.29, 1.82) is 0 Å². The van der Waals surface area contributed by atoms with Crippen molar-refractivity contribution in [2.75, 3.05) is 0 Å². The Kier molecular flexibility index (Phi) is 2.60. The van der Waals surface area contributed by atoms with Crippen LogP contribution in [0.5, 0.6) is 11.5 Å². The standard InChI is InChI=1S/C16H12O3/c17-13-4-1-10(2-5-13)7-12-8-11-3-6-14(18)9-15(11)16(12)19/h1-7,9,17-18H,8H2. The Labute approximate surface area is 110 Å². The summed E-state index contributed by atoms with van der Waals surface area (Å²) in [7, 11) is 0. The first-order valence-corrected chi connectivity index (χ1v) is 6.00. The molecule has 94 valence electrons. The van der Waals surface area contributed by atoms with Crippen LogP contribution < -0.4 is 0 Å². The van der Waals surface area contributed by atoms with Gasteiger partial charge in [0.1, 0.15) is 11.5 Å². The fraction of sp³-hybridized carbons (Fsp3) is 0.0625. The van der Waals surface area contributed by atoms with Gasteiger partial charge in [-0.1, -0.05) is 18.2 Å². The zero-order valence-electron chi connectivity index (χ0n) is 10.1. The minimum atomic E-state index is -0.0426. The highest BCUT2D eigenvalue weighted by Crippen LogP contribution is 2.30. The SMILES string of the molecule is O=C1C(=Cc2ccc(O)cc2)Cc2ccc(O)cc21. The Bertz CT molecular complexity index is 682. The number of aromatic hydroxyl groups is 2.